The third-order valence-corrected chi connectivity index (χ3v) is 23.6. The Labute approximate surface area is 365 Å². The van der Waals surface area contributed by atoms with Crippen LogP contribution >= 0.6 is 0 Å². The van der Waals surface area contributed by atoms with E-state index >= 15 is 0 Å². The molecular weight excluding hydrogens is 697 g/mol. The Balaban J connectivity index is 0.000000177. The molecule has 0 amide bonds. The van der Waals surface area contributed by atoms with E-state index in [1.54, 1.807) is 103 Å². The molecule has 58 heavy (non-hydrogen) atoms. The molecule has 0 aromatic carbocycles. The summed E-state index contributed by atoms with van der Waals surface area (Å²) < 4.78 is 0. The van der Waals surface area contributed by atoms with Gasteiger partial charge in [0.15, 0.2) is 0 Å². The third kappa shape index (κ3) is 8.40. The normalized spacial score (nSPS) is 46.7. The van der Waals surface area contributed by atoms with E-state index in [4.69, 9.17) is 0 Å². The second-order valence-electron chi connectivity index (χ2n) is 26.2. The first-order chi connectivity index (χ1) is 27.6. The van der Waals surface area contributed by atoms with Crippen LogP contribution in [0, 0.1) is 116 Å². The van der Waals surface area contributed by atoms with Gasteiger partial charge in [-0.2, -0.15) is 0 Å². The van der Waals surface area contributed by atoms with Crippen molar-refractivity contribution in [3.8, 4) is 0 Å². The van der Waals surface area contributed by atoms with E-state index in [1.807, 2.05) is 0 Å². The summed E-state index contributed by atoms with van der Waals surface area (Å²) in [6, 6.07) is 0. The van der Waals surface area contributed by atoms with Gasteiger partial charge >= 0.3 is 0 Å². The molecule has 8 aliphatic carbocycles. The Morgan fingerprint density at radius 3 is 1.12 bits per heavy atom. The van der Waals surface area contributed by atoms with Crippen molar-refractivity contribution in [3.63, 3.8) is 0 Å². The number of hydrogen-bond donors (Lipinski definition) is 0. The molecule has 8 rings (SSSR count). The van der Waals surface area contributed by atoms with Crippen molar-refractivity contribution in [1.82, 2.24) is 0 Å². The highest BCUT2D eigenvalue weighted by molar-refractivity contribution is 5.11. The van der Waals surface area contributed by atoms with E-state index in [0.29, 0.717) is 21.7 Å². The number of rotatable bonds is 12. The average Bonchev–Trinajstić information content (AvgIpc) is 3.74. The molecule has 0 heteroatoms. The second kappa shape index (κ2) is 18.6. The van der Waals surface area contributed by atoms with Crippen LogP contribution in [0.2, 0.25) is 0 Å². The lowest BCUT2D eigenvalue weighted by molar-refractivity contribution is -0.114. The fourth-order valence-electron chi connectivity index (χ4n) is 19.9. The molecule has 8 fully saturated rings. The molecule has 336 valence electrons. The van der Waals surface area contributed by atoms with Crippen LogP contribution in [0.25, 0.3) is 0 Å². The van der Waals surface area contributed by atoms with Gasteiger partial charge in [-0.05, 0) is 232 Å². The highest BCUT2D eigenvalue weighted by Gasteiger charge is 2.61. The van der Waals surface area contributed by atoms with Gasteiger partial charge in [0, 0.05) is 0 Å². The van der Waals surface area contributed by atoms with Crippen LogP contribution in [0.3, 0.4) is 0 Å². The van der Waals surface area contributed by atoms with E-state index in [0.717, 1.165) is 94.7 Å². The number of hydrogen-bond acceptors (Lipinski definition) is 0. The van der Waals surface area contributed by atoms with Crippen molar-refractivity contribution < 1.29 is 0 Å². The van der Waals surface area contributed by atoms with Gasteiger partial charge in [0.25, 0.3) is 0 Å². The van der Waals surface area contributed by atoms with Crippen LogP contribution in [0.4, 0.5) is 0 Å². The van der Waals surface area contributed by atoms with E-state index in [2.05, 4.69) is 83.1 Å². The third-order valence-electron chi connectivity index (χ3n) is 23.6. The van der Waals surface area contributed by atoms with Crippen molar-refractivity contribution in [2.75, 3.05) is 0 Å². The van der Waals surface area contributed by atoms with Gasteiger partial charge in [0.1, 0.15) is 0 Å². The lowest BCUT2D eigenvalue weighted by Crippen LogP contribution is -2.53. The molecule has 8 saturated carbocycles. The SMILES string of the molecule is CC[C@@H](CC[C@H](C)[C@H]1CC[C@H]2[C@@H]3CC[C@H]4CCCC[C@]4(C)[C@H]3CC[C@]12C)C(C)C.CC[C@H](CC[C@H](C)[C@H]1CC[C@H]2[C@@H]3CC[C@H]4CCCC[C@]4(C)[C@H]3CC[C@]12C)C(C)C. The molecule has 0 unspecified atom stereocenters. The summed E-state index contributed by atoms with van der Waals surface area (Å²) in [7, 11) is 0. The van der Waals surface area contributed by atoms with Crippen LogP contribution in [0.1, 0.15) is 250 Å². The van der Waals surface area contributed by atoms with Crippen LogP contribution in [-0.2, 0) is 0 Å². The van der Waals surface area contributed by atoms with Crippen molar-refractivity contribution in [2.45, 2.75) is 250 Å². The zero-order valence-electron chi connectivity index (χ0n) is 41.6. The van der Waals surface area contributed by atoms with Gasteiger partial charge in [0.2, 0.25) is 0 Å². The minimum absolute atomic E-state index is 0.665. The zero-order chi connectivity index (χ0) is 41.6. The molecule has 0 aromatic heterocycles. The van der Waals surface area contributed by atoms with Crippen molar-refractivity contribution in [1.29, 1.82) is 0 Å². The van der Waals surface area contributed by atoms with E-state index < -0.39 is 0 Å². The Morgan fingerprint density at radius 2 is 0.759 bits per heavy atom. The minimum Gasteiger partial charge on any atom is -0.0651 e. The fourth-order valence-corrected chi connectivity index (χ4v) is 19.9. The quantitative estimate of drug-likeness (QED) is 0.184. The first-order valence-electron chi connectivity index (χ1n) is 27.6. The van der Waals surface area contributed by atoms with E-state index in [1.165, 1.54) is 64.2 Å². The topological polar surface area (TPSA) is 0 Å². The summed E-state index contributed by atoms with van der Waals surface area (Å²) in [6.45, 7) is 30.8. The summed E-state index contributed by atoms with van der Waals surface area (Å²) >= 11 is 0. The highest BCUT2D eigenvalue weighted by Crippen LogP contribution is 2.70. The van der Waals surface area contributed by atoms with Crippen LogP contribution in [0.15, 0.2) is 0 Å². The van der Waals surface area contributed by atoms with Gasteiger partial charge in [-0.25, -0.2) is 0 Å². The molecule has 0 N–H and O–H groups in total. The zero-order valence-corrected chi connectivity index (χ0v) is 41.6. The Kier molecular flexibility index (Phi) is 14.8. The predicted molar refractivity (Wildman–Crippen MR) is 254 cm³/mol. The first kappa shape index (κ1) is 46.0. The van der Waals surface area contributed by atoms with Crippen molar-refractivity contribution >= 4 is 0 Å². The van der Waals surface area contributed by atoms with Crippen molar-refractivity contribution in [3.05, 3.63) is 0 Å². The van der Waals surface area contributed by atoms with E-state index in [-0.39, 0.29) is 0 Å². The summed E-state index contributed by atoms with van der Waals surface area (Å²) in [4.78, 5) is 0. The maximum absolute atomic E-state index is 2.76. The summed E-state index contributed by atoms with van der Waals surface area (Å²) in [5, 5.41) is 0. The molecule has 18 atom stereocenters. The van der Waals surface area contributed by atoms with Crippen molar-refractivity contribution in [2.24, 2.45) is 116 Å². The molecule has 8 aliphatic rings. The highest BCUT2D eigenvalue weighted by atomic mass is 14.7. The summed E-state index contributed by atoms with van der Waals surface area (Å²) in [6.07, 6.45) is 39.7. The molecule has 0 nitrogen and oxygen atoms in total. The Hall–Kier alpha value is 0. The second-order valence-corrected chi connectivity index (χ2v) is 26.2. The maximum atomic E-state index is 2.76. The lowest BCUT2D eigenvalue weighted by atomic mass is 9.44. The maximum Gasteiger partial charge on any atom is -0.0264 e. The monoisotopic (exact) mass is 801 g/mol. The Bertz CT molecular complexity index is 1190. The minimum atomic E-state index is 0.665. The molecule has 0 aliphatic heterocycles. The lowest BCUT2D eigenvalue weighted by Gasteiger charge is -2.61. The van der Waals surface area contributed by atoms with Crippen LogP contribution in [-0.4, -0.2) is 0 Å². The van der Waals surface area contributed by atoms with Gasteiger partial charge in [-0.15, -0.1) is 0 Å². The standard InChI is InChI=1S/2C29H52/c2*1-7-22(20(2)3)12-11-21(4)25-15-16-26-24-14-13-23-10-8-9-18-28(23,5)27(24)17-19-29(25,26)6/h2*20-27H,7-19H2,1-6H3/t21-,22+,23+,24-,25+,26-,27-,28-,29+;21-,22-,23+,24-,25+,26-,27-,28-,29+/m00/s1. The molecule has 0 spiro atoms. The predicted octanol–water partition coefficient (Wildman–Crippen LogP) is 18.3. The summed E-state index contributed by atoms with van der Waals surface area (Å²) in [5.41, 5.74) is 2.74. The molecule has 0 radical (unpaired) electrons. The fraction of sp³-hybridized carbons (Fsp3) is 1.00. The number of fused-ring (bicyclic) bond motifs is 10. The first-order valence-corrected chi connectivity index (χ1v) is 27.6. The van der Waals surface area contributed by atoms with Gasteiger partial charge < -0.3 is 0 Å². The molecule has 0 heterocycles. The largest absolute Gasteiger partial charge is 0.0651 e. The Morgan fingerprint density at radius 1 is 0.379 bits per heavy atom. The molecule has 0 bridgehead atoms. The van der Waals surface area contributed by atoms with Crippen LogP contribution in [0.5, 0.6) is 0 Å². The molecular formula is C58H104. The van der Waals surface area contributed by atoms with E-state index in [9.17, 15) is 0 Å². The summed E-state index contributed by atoms with van der Waals surface area (Å²) in [5.74, 6) is 16.0. The molecule has 0 aromatic rings. The van der Waals surface area contributed by atoms with Gasteiger partial charge in [-0.1, -0.05) is 134 Å². The average molecular weight is 801 g/mol. The van der Waals surface area contributed by atoms with Crippen LogP contribution < -0.4 is 0 Å². The smallest absolute Gasteiger partial charge is 0.0264 e. The van der Waals surface area contributed by atoms with Gasteiger partial charge in [0.05, 0.1) is 0 Å². The molecule has 0 saturated heterocycles. The van der Waals surface area contributed by atoms with Gasteiger partial charge in [-0.3, -0.25) is 0 Å².